The minimum atomic E-state index is -3.46. The van der Waals surface area contributed by atoms with Gasteiger partial charge in [0, 0.05) is 26.7 Å². The maximum Gasteiger partial charge on any atom is 0.243 e. The molecule has 1 aliphatic rings. The smallest absolute Gasteiger partial charge is 0.243 e. The first-order chi connectivity index (χ1) is 9.87. The first-order valence-corrected chi connectivity index (χ1v) is 8.77. The molecule has 118 valence electrons. The minimum absolute atomic E-state index is 0.343. The summed E-state index contributed by atoms with van der Waals surface area (Å²) in [6.07, 6.45) is 1.83. The van der Waals surface area contributed by atoms with Gasteiger partial charge < -0.3 is 9.64 Å². The number of ether oxygens (including phenoxy) is 1. The predicted octanol–water partition coefficient (Wildman–Crippen LogP) is 2.24. The number of anilines is 1. The maximum absolute atomic E-state index is 12.7. The van der Waals surface area contributed by atoms with Crippen molar-refractivity contribution in [3.05, 3.63) is 17.7 Å². The Balaban J connectivity index is 2.40. The summed E-state index contributed by atoms with van der Waals surface area (Å²) in [5.41, 5.74) is 1.71. The van der Waals surface area contributed by atoms with Gasteiger partial charge in [0.05, 0.1) is 17.1 Å². The third-order valence-electron chi connectivity index (χ3n) is 3.87. The van der Waals surface area contributed by atoms with Gasteiger partial charge in [0.25, 0.3) is 0 Å². The van der Waals surface area contributed by atoms with Gasteiger partial charge in [-0.15, -0.1) is 0 Å². The van der Waals surface area contributed by atoms with Crippen LogP contribution in [0.25, 0.3) is 0 Å². The highest BCUT2D eigenvalue weighted by molar-refractivity contribution is 7.89. The Morgan fingerprint density at radius 2 is 2.10 bits per heavy atom. The molecule has 0 fully saturated rings. The van der Waals surface area contributed by atoms with Gasteiger partial charge in [0.15, 0.2) is 0 Å². The fourth-order valence-corrected chi connectivity index (χ4v) is 3.85. The number of fused-ring (bicyclic) bond motifs is 1. The lowest BCUT2D eigenvalue weighted by atomic mass is 10.1. The third-order valence-corrected chi connectivity index (χ3v) is 5.87. The SMILES string of the molecule is CCCCN(C)S(=O)(=O)c1cc2c(cc1C)N(C)CCO2. The Morgan fingerprint density at radius 3 is 2.76 bits per heavy atom. The van der Waals surface area contributed by atoms with Gasteiger partial charge in [-0.25, -0.2) is 12.7 Å². The Labute approximate surface area is 127 Å². The molecule has 0 spiro atoms. The fraction of sp³-hybridized carbons (Fsp3) is 0.600. The van der Waals surface area contributed by atoms with E-state index in [4.69, 9.17) is 4.74 Å². The molecule has 5 nitrogen and oxygen atoms in total. The maximum atomic E-state index is 12.7. The second-order valence-electron chi connectivity index (χ2n) is 5.54. The van der Waals surface area contributed by atoms with Crippen molar-refractivity contribution in [1.82, 2.24) is 4.31 Å². The molecule has 0 radical (unpaired) electrons. The van der Waals surface area contributed by atoms with Crippen LogP contribution >= 0.6 is 0 Å². The van der Waals surface area contributed by atoms with Crippen LogP contribution in [-0.4, -0.2) is 46.5 Å². The first-order valence-electron chi connectivity index (χ1n) is 7.33. The van der Waals surface area contributed by atoms with Gasteiger partial charge in [-0.1, -0.05) is 13.3 Å². The molecule has 0 atom stereocenters. The lowest BCUT2D eigenvalue weighted by Crippen LogP contribution is -2.31. The number of aryl methyl sites for hydroxylation is 1. The molecule has 0 amide bonds. The van der Waals surface area contributed by atoms with Crippen molar-refractivity contribution >= 4 is 15.7 Å². The lowest BCUT2D eigenvalue weighted by Gasteiger charge is -2.29. The van der Waals surface area contributed by atoms with Gasteiger partial charge in [-0.3, -0.25) is 0 Å². The molecule has 1 aromatic rings. The van der Waals surface area contributed by atoms with Crippen molar-refractivity contribution in [3.63, 3.8) is 0 Å². The van der Waals surface area contributed by atoms with E-state index in [0.717, 1.165) is 30.6 Å². The van der Waals surface area contributed by atoms with Crippen LogP contribution < -0.4 is 9.64 Å². The molecule has 1 aromatic carbocycles. The molecule has 2 rings (SSSR count). The van der Waals surface area contributed by atoms with Gasteiger partial charge in [0.2, 0.25) is 10.0 Å². The van der Waals surface area contributed by atoms with Crippen LogP contribution in [0.5, 0.6) is 5.75 Å². The van der Waals surface area contributed by atoms with Crippen molar-refractivity contribution in [2.75, 3.05) is 38.7 Å². The topological polar surface area (TPSA) is 49.9 Å². The Bertz CT molecular complexity index is 614. The van der Waals surface area contributed by atoms with E-state index in [1.807, 2.05) is 27.0 Å². The molecule has 0 saturated carbocycles. The fourth-order valence-electron chi connectivity index (χ4n) is 2.43. The quantitative estimate of drug-likeness (QED) is 0.837. The van der Waals surface area contributed by atoms with Crippen molar-refractivity contribution in [3.8, 4) is 5.75 Å². The van der Waals surface area contributed by atoms with Gasteiger partial charge in [0.1, 0.15) is 12.4 Å². The molecule has 1 aliphatic heterocycles. The molecule has 0 unspecified atom stereocenters. The second kappa shape index (κ2) is 6.23. The molecule has 0 aromatic heterocycles. The monoisotopic (exact) mass is 312 g/mol. The number of sulfonamides is 1. The summed E-state index contributed by atoms with van der Waals surface area (Å²) in [7, 11) is 0.166. The van der Waals surface area contributed by atoms with Crippen molar-refractivity contribution < 1.29 is 13.2 Å². The average molecular weight is 312 g/mol. The zero-order chi connectivity index (χ0) is 15.6. The molecule has 0 saturated heterocycles. The van der Waals surface area contributed by atoms with Crippen LogP contribution in [0.3, 0.4) is 0 Å². The lowest BCUT2D eigenvalue weighted by molar-refractivity contribution is 0.310. The van der Waals surface area contributed by atoms with Gasteiger partial charge in [-0.2, -0.15) is 0 Å². The summed E-state index contributed by atoms with van der Waals surface area (Å²) in [6, 6.07) is 3.56. The number of benzene rings is 1. The largest absolute Gasteiger partial charge is 0.490 e. The van der Waals surface area contributed by atoms with Gasteiger partial charge in [-0.05, 0) is 25.0 Å². The molecule has 0 N–H and O–H groups in total. The summed E-state index contributed by atoms with van der Waals surface area (Å²) in [5.74, 6) is 0.650. The number of hydrogen-bond donors (Lipinski definition) is 0. The summed E-state index contributed by atoms with van der Waals surface area (Å²) in [6.45, 7) is 5.82. The van der Waals surface area contributed by atoms with E-state index < -0.39 is 10.0 Å². The molecule has 6 heteroatoms. The van der Waals surface area contributed by atoms with Crippen LogP contribution in [0.15, 0.2) is 17.0 Å². The molecule has 0 aliphatic carbocycles. The summed E-state index contributed by atoms with van der Waals surface area (Å²) in [5, 5.41) is 0. The second-order valence-corrected chi connectivity index (χ2v) is 7.55. The number of hydrogen-bond acceptors (Lipinski definition) is 4. The van der Waals surface area contributed by atoms with Crippen molar-refractivity contribution in [2.45, 2.75) is 31.6 Å². The Kier molecular flexibility index (Phi) is 4.78. The van der Waals surface area contributed by atoms with Gasteiger partial charge >= 0.3 is 0 Å². The van der Waals surface area contributed by atoms with Crippen LogP contribution in [0.4, 0.5) is 5.69 Å². The van der Waals surface area contributed by atoms with E-state index in [1.165, 1.54) is 4.31 Å². The first kappa shape index (κ1) is 16.1. The molecular formula is C15H24N2O3S. The van der Waals surface area contributed by atoms with E-state index in [0.29, 0.717) is 23.8 Å². The standard InChI is InChI=1S/C15H24N2O3S/c1-5-6-7-17(4)21(18,19)15-11-14-13(10-12(15)2)16(3)8-9-20-14/h10-11H,5-9H2,1-4H3. The highest BCUT2D eigenvalue weighted by Crippen LogP contribution is 2.35. The number of rotatable bonds is 5. The number of unbranched alkanes of at least 4 members (excludes halogenated alkanes) is 1. The number of likely N-dealkylation sites (N-methyl/N-ethyl adjacent to an activating group) is 1. The predicted molar refractivity (Wildman–Crippen MR) is 84.7 cm³/mol. The summed E-state index contributed by atoms with van der Waals surface area (Å²) >= 11 is 0. The van der Waals surface area contributed by atoms with Crippen LogP contribution in [0.1, 0.15) is 25.3 Å². The van der Waals surface area contributed by atoms with E-state index in [1.54, 1.807) is 13.1 Å². The molecule has 1 heterocycles. The average Bonchev–Trinajstić information content (AvgIpc) is 2.45. The summed E-state index contributed by atoms with van der Waals surface area (Å²) < 4.78 is 32.4. The minimum Gasteiger partial charge on any atom is -0.490 e. The molecular weight excluding hydrogens is 288 g/mol. The van der Waals surface area contributed by atoms with E-state index >= 15 is 0 Å². The highest BCUT2D eigenvalue weighted by atomic mass is 32.2. The highest BCUT2D eigenvalue weighted by Gasteiger charge is 2.26. The van der Waals surface area contributed by atoms with Crippen LogP contribution in [0, 0.1) is 6.92 Å². The normalized spacial score (nSPS) is 15.0. The van der Waals surface area contributed by atoms with E-state index in [9.17, 15) is 8.42 Å². The van der Waals surface area contributed by atoms with Crippen molar-refractivity contribution in [1.29, 1.82) is 0 Å². The molecule has 0 bridgehead atoms. The Morgan fingerprint density at radius 1 is 1.38 bits per heavy atom. The van der Waals surface area contributed by atoms with Crippen LogP contribution in [-0.2, 0) is 10.0 Å². The van der Waals surface area contributed by atoms with Crippen LogP contribution in [0.2, 0.25) is 0 Å². The third kappa shape index (κ3) is 3.16. The Hall–Kier alpha value is -1.27. The zero-order valence-corrected chi connectivity index (χ0v) is 14.0. The molecule has 21 heavy (non-hydrogen) atoms. The van der Waals surface area contributed by atoms with E-state index in [-0.39, 0.29) is 0 Å². The van der Waals surface area contributed by atoms with Crippen molar-refractivity contribution in [2.24, 2.45) is 0 Å². The van der Waals surface area contributed by atoms with E-state index in [2.05, 4.69) is 4.90 Å². The summed E-state index contributed by atoms with van der Waals surface area (Å²) in [4.78, 5) is 2.43. The number of nitrogens with zero attached hydrogens (tertiary/aromatic N) is 2. The zero-order valence-electron chi connectivity index (χ0n) is 13.2.